The van der Waals surface area contributed by atoms with Crippen molar-refractivity contribution in [3.63, 3.8) is 0 Å². The molecule has 0 radical (unpaired) electrons. The zero-order chi connectivity index (χ0) is 15.4. The third-order valence-corrected chi connectivity index (χ3v) is 3.28. The largest absolute Gasteiger partial charge is 0.481 e. The molecule has 0 aliphatic carbocycles. The number of ether oxygens (including phenoxy) is 1. The number of aryl methyl sites for hydroxylation is 2. The highest BCUT2D eigenvalue weighted by Gasteiger charge is 2.16. The third-order valence-electron chi connectivity index (χ3n) is 3.28. The lowest BCUT2D eigenvalue weighted by atomic mass is 10.1. The van der Waals surface area contributed by atoms with Crippen molar-refractivity contribution in [3.05, 3.63) is 53.6 Å². The van der Waals surface area contributed by atoms with Gasteiger partial charge in [0.25, 0.3) is 5.91 Å². The summed E-state index contributed by atoms with van der Waals surface area (Å²) in [6.45, 7) is 5.55. The minimum Gasteiger partial charge on any atom is -0.481 e. The first-order chi connectivity index (χ1) is 9.97. The van der Waals surface area contributed by atoms with Crippen molar-refractivity contribution in [2.24, 2.45) is 0 Å². The Hall–Kier alpha value is -2.49. The van der Waals surface area contributed by atoms with E-state index in [0.29, 0.717) is 5.75 Å². The van der Waals surface area contributed by atoms with Crippen LogP contribution in [-0.2, 0) is 4.79 Å². The fourth-order valence-electron chi connectivity index (χ4n) is 1.95. The van der Waals surface area contributed by atoms with Crippen molar-refractivity contribution in [2.75, 3.05) is 11.1 Å². The smallest absolute Gasteiger partial charge is 0.265 e. The van der Waals surface area contributed by atoms with E-state index in [1.807, 2.05) is 56.3 Å². The van der Waals surface area contributed by atoms with E-state index in [0.717, 1.165) is 22.5 Å². The third kappa shape index (κ3) is 3.75. The molecule has 0 saturated heterocycles. The Morgan fingerprint density at radius 2 is 1.81 bits per heavy atom. The fraction of sp³-hybridized carbons (Fsp3) is 0.235. The van der Waals surface area contributed by atoms with Gasteiger partial charge < -0.3 is 15.8 Å². The van der Waals surface area contributed by atoms with Crippen LogP contribution in [-0.4, -0.2) is 12.0 Å². The molecule has 2 aromatic carbocycles. The molecule has 0 heterocycles. The molecule has 0 aromatic heterocycles. The monoisotopic (exact) mass is 284 g/mol. The Morgan fingerprint density at radius 1 is 1.14 bits per heavy atom. The van der Waals surface area contributed by atoms with E-state index in [4.69, 9.17) is 10.5 Å². The number of carbonyl (C=O) groups is 1. The molecule has 2 aromatic rings. The van der Waals surface area contributed by atoms with Gasteiger partial charge in [0, 0.05) is 11.4 Å². The highest BCUT2D eigenvalue weighted by atomic mass is 16.5. The van der Waals surface area contributed by atoms with Gasteiger partial charge in [-0.3, -0.25) is 4.79 Å². The minimum absolute atomic E-state index is 0.185. The molecule has 0 saturated carbocycles. The molecule has 1 unspecified atom stereocenters. The molecule has 4 heteroatoms. The first kappa shape index (κ1) is 14.9. The molecule has 0 aliphatic heterocycles. The number of nitrogens with two attached hydrogens (primary N) is 1. The zero-order valence-electron chi connectivity index (χ0n) is 12.5. The van der Waals surface area contributed by atoms with E-state index in [9.17, 15) is 4.79 Å². The molecule has 0 aliphatic rings. The number of anilines is 2. The molecular formula is C17H20N2O2. The Bertz CT molecular complexity index is 639. The Kier molecular flexibility index (Phi) is 4.48. The van der Waals surface area contributed by atoms with E-state index in [1.165, 1.54) is 0 Å². The molecule has 0 bridgehead atoms. The molecule has 0 spiro atoms. The predicted octanol–water partition coefficient (Wildman–Crippen LogP) is 3.29. The first-order valence-corrected chi connectivity index (χ1v) is 6.86. The zero-order valence-corrected chi connectivity index (χ0v) is 12.5. The molecule has 3 N–H and O–H groups in total. The summed E-state index contributed by atoms with van der Waals surface area (Å²) in [6, 6.07) is 13.0. The van der Waals surface area contributed by atoms with Gasteiger partial charge in [0.2, 0.25) is 0 Å². The van der Waals surface area contributed by atoms with E-state index in [2.05, 4.69) is 5.32 Å². The van der Waals surface area contributed by atoms with Crippen LogP contribution in [0.4, 0.5) is 11.4 Å². The summed E-state index contributed by atoms with van der Waals surface area (Å²) in [4.78, 5) is 12.1. The van der Waals surface area contributed by atoms with Gasteiger partial charge in [-0.2, -0.15) is 0 Å². The van der Waals surface area contributed by atoms with Crippen LogP contribution < -0.4 is 15.8 Å². The summed E-state index contributed by atoms with van der Waals surface area (Å²) in [7, 11) is 0. The van der Waals surface area contributed by atoms with Crippen LogP contribution in [0.3, 0.4) is 0 Å². The summed E-state index contributed by atoms with van der Waals surface area (Å²) < 4.78 is 5.75. The minimum atomic E-state index is -0.591. The lowest BCUT2D eigenvalue weighted by Gasteiger charge is -2.17. The summed E-state index contributed by atoms with van der Waals surface area (Å²) in [5, 5.41) is 2.82. The number of carbonyl (C=O) groups excluding carboxylic acids is 1. The normalized spacial score (nSPS) is 11.8. The first-order valence-electron chi connectivity index (χ1n) is 6.86. The number of nitrogens with one attached hydrogen (secondary N) is 1. The van der Waals surface area contributed by atoms with Gasteiger partial charge in [-0.25, -0.2) is 0 Å². The standard InChI is InChI=1S/C17H20N2O2/c1-11-10-16(12(2)9-15(11)18)21-13(3)17(20)19-14-7-5-4-6-8-14/h4-10,13H,18H2,1-3H3,(H,19,20). The average Bonchev–Trinajstić information content (AvgIpc) is 2.45. The van der Waals surface area contributed by atoms with Crippen LogP contribution in [0.5, 0.6) is 5.75 Å². The number of amides is 1. The number of hydrogen-bond acceptors (Lipinski definition) is 3. The van der Waals surface area contributed by atoms with Crippen molar-refractivity contribution in [3.8, 4) is 5.75 Å². The summed E-state index contributed by atoms with van der Waals surface area (Å²) >= 11 is 0. The van der Waals surface area contributed by atoms with Gasteiger partial charge in [0.1, 0.15) is 5.75 Å². The average molecular weight is 284 g/mol. The Balaban J connectivity index is 2.06. The van der Waals surface area contributed by atoms with Crippen LogP contribution in [0.1, 0.15) is 18.1 Å². The molecule has 1 atom stereocenters. The quantitative estimate of drug-likeness (QED) is 0.847. The summed E-state index contributed by atoms with van der Waals surface area (Å²) in [6.07, 6.45) is -0.591. The van der Waals surface area contributed by atoms with E-state index < -0.39 is 6.10 Å². The molecule has 1 amide bonds. The molecular weight excluding hydrogens is 264 g/mol. The van der Waals surface area contributed by atoms with Gasteiger partial charge in [-0.05, 0) is 56.2 Å². The second-order valence-electron chi connectivity index (χ2n) is 5.09. The van der Waals surface area contributed by atoms with E-state index >= 15 is 0 Å². The number of nitrogen functional groups attached to an aromatic ring is 1. The fourth-order valence-corrected chi connectivity index (χ4v) is 1.95. The van der Waals surface area contributed by atoms with Gasteiger partial charge in [-0.15, -0.1) is 0 Å². The Labute approximate surface area is 124 Å². The van der Waals surface area contributed by atoms with Gasteiger partial charge in [0.15, 0.2) is 6.10 Å². The highest BCUT2D eigenvalue weighted by Crippen LogP contribution is 2.25. The van der Waals surface area contributed by atoms with Crippen molar-refractivity contribution in [2.45, 2.75) is 26.9 Å². The van der Waals surface area contributed by atoms with Crippen molar-refractivity contribution < 1.29 is 9.53 Å². The van der Waals surface area contributed by atoms with Crippen LogP contribution in [0, 0.1) is 13.8 Å². The topological polar surface area (TPSA) is 64.3 Å². The molecule has 0 fully saturated rings. The van der Waals surface area contributed by atoms with Crippen LogP contribution >= 0.6 is 0 Å². The summed E-state index contributed by atoms with van der Waals surface area (Å²) in [5.41, 5.74) is 9.17. The second-order valence-corrected chi connectivity index (χ2v) is 5.09. The number of rotatable bonds is 4. The lowest BCUT2D eigenvalue weighted by Crippen LogP contribution is -2.30. The number of para-hydroxylation sites is 1. The van der Waals surface area contributed by atoms with E-state index in [1.54, 1.807) is 6.92 Å². The van der Waals surface area contributed by atoms with Crippen molar-refractivity contribution >= 4 is 17.3 Å². The molecule has 21 heavy (non-hydrogen) atoms. The summed E-state index contributed by atoms with van der Waals surface area (Å²) in [5.74, 6) is 0.493. The van der Waals surface area contributed by atoms with Crippen molar-refractivity contribution in [1.82, 2.24) is 0 Å². The number of hydrogen-bond donors (Lipinski definition) is 2. The molecule has 2 rings (SSSR count). The maximum absolute atomic E-state index is 12.1. The molecule has 4 nitrogen and oxygen atoms in total. The maximum atomic E-state index is 12.1. The van der Waals surface area contributed by atoms with Crippen LogP contribution in [0.2, 0.25) is 0 Å². The lowest BCUT2D eigenvalue weighted by molar-refractivity contribution is -0.122. The van der Waals surface area contributed by atoms with Crippen LogP contribution in [0.15, 0.2) is 42.5 Å². The van der Waals surface area contributed by atoms with Gasteiger partial charge in [-0.1, -0.05) is 18.2 Å². The predicted molar refractivity (Wildman–Crippen MR) is 85.5 cm³/mol. The van der Waals surface area contributed by atoms with Gasteiger partial charge >= 0.3 is 0 Å². The second kappa shape index (κ2) is 6.31. The maximum Gasteiger partial charge on any atom is 0.265 e. The number of benzene rings is 2. The van der Waals surface area contributed by atoms with Gasteiger partial charge in [0.05, 0.1) is 0 Å². The SMILES string of the molecule is Cc1cc(OC(C)C(=O)Nc2ccccc2)c(C)cc1N. The van der Waals surface area contributed by atoms with Crippen LogP contribution in [0.25, 0.3) is 0 Å². The van der Waals surface area contributed by atoms with Crippen molar-refractivity contribution in [1.29, 1.82) is 0 Å². The van der Waals surface area contributed by atoms with E-state index in [-0.39, 0.29) is 5.91 Å². The molecule has 110 valence electrons. The highest BCUT2D eigenvalue weighted by molar-refractivity contribution is 5.94. The Morgan fingerprint density at radius 3 is 2.48 bits per heavy atom.